The SMILES string of the molecule is Nc1ncc(Sc2ccccc2O)nc1C(=O)Nc1cccnc1. The number of anilines is 2. The Morgan fingerprint density at radius 1 is 1.17 bits per heavy atom. The van der Waals surface area contributed by atoms with E-state index in [0.29, 0.717) is 15.6 Å². The molecule has 7 nitrogen and oxygen atoms in total. The van der Waals surface area contributed by atoms with Gasteiger partial charge in [-0.1, -0.05) is 23.9 Å². The third kappa shape index (κ3) is 3.61. The smallest absolute Gasteiger partial charge is 0.278 e. The van der Waals surface area contributed by atoms with Gasteiger partial charge in [-0.2, -0.15) is 0 Å². The van der Waals surface area contributed by atoms with Gasteiger partial charge in [0.25, 0.3) is 5.91 Å². The number of phenolic OH excluding ortho intramolecular Hbond substituents is 1. The second-order valence-corrected chi connectivity index (χ2v) is 5.77. The largest absolute Gasteiger partial charge is 0.507 e. The monoisotopic (exact) mass is 339 g/mol. The molecule has 3 aromatic rings. The number of aromatic nitrogens is 3. The standard InChI is InChI=1S/C16H13N5O2S/c17-15-14(16(23)20-10-4-3-7-18-8-10)21-13(9-19-15)24-12-6-2-1-5-11(12)22/h1-9,22H,(H2,17,19)(H,20,23). The topological polar surface area (TPSA) is 114 Å². The van der Waals surface area contributed by atoms with Crippen molar-refractivity contribution in [3.05, 3.63) is 60.7 Å². The van der Waals surface area contributed by atoms with Gasteiger partial charge >= 0.3 is 0 Å². The molecule has 0 aliphatic rings. The first-order valence-corrected chi connectivity index (χ1v) is 7.75. The molecule has 0 aliphatic heterocycles. The lowest BCUT2D eigenvalue weighted by Crippen LogP contribution is -2.17. The van der Waals surface area contributed by atoms with E-state index in [-0.39, 0.29) is 17.3 Å². The third-order valence-corrected chi connectivity index (χ3v) is 3.96. The average molecular weight is 339 g/mol. The number of amides is 1. The Bertz CT molecular complexity index is 873. The summed E-state index contributed by atoms with van der Waals surface area (Å²) in [5.41, 5.74) is 6.30. The van der Waals surface area contributed by atoms with Gasteiger partial charge in [-0.3, -0.25) is 9.78 Å². The van der Waals surface area contributed by atoms with Crippen molar-refractivity contribution in [2.45, 2.75) is 9.92 Å². The Kier molecular flexibility index (Phi) is 4.57. The lowest BCUT2D eigenvalue weighted by Gasteiger charge is -2.08. The van der Waals surface area contributed by atoms with Crippen LogP contribution in [0.2, 0.25) is 0 Å². The van der Waals surface area contributed by atoms with Crippen molar-refractivity contribution in [3.8, 4) is 5.75 Å². The highest BCUT2D eigenvalue weighted by molar-refractivity contribution is 7.99. The Hall–Kier alpha value is -3.13. The van der Waals surface area contributed by atoms with Gasteiger partial charge in [-0.15, -0.1) is 0 Å². The number of benzene rings is 1. The van der Waals surface area contributed by atoms with E-state index >= 15 is 0 Å². The quantitative estimate of drug-likeness (QED) is 0.669. The normalized spacial score (nSPS) is 10.3. The van der Waals surface area contributed by atoms with Gasteiger partial charge in [0.2, 0.25) is 0 Å². The molecule has 120 valence electrons. The van der Waals surface area contributed by atoms with Gasteiger partial charge in [0.15, 0.2) is 11.5 Å². The molecule has 0 unspecified atom stereocenters. The molecule has 0 aliphatic carbocycles. The van der Waals surface area contributed by atoms with E-state index in [1.165, 1.54) is 24.2 Å². The van der Waals surface area contributed by atoms with Crippen molar-refractivity contribution in [2.75, 3.05) is 11.1 Å². The number of nitrogens with zero attached hydrogens (tertiary/aromatic N) is 3. The van der Waals surface area contributed by atoms with Crippen LogP contribution >= 0.6 is 11.8 Å². The molecule has 0 spiro atoms. The Balaban J connectivity index is 1.84. The zero-order chi connectivity index (χ0) is 16.9. The summed E-state index contributed by atoms with van der Waals surface area (Å²) in [6, 6.07) is 10.2. The van der Waals surface area contributed by atoms with Crippen LogP contribution in [-0.4, -0.2) is 26.0 Å². The van der Waals surface area contributed by atoms with Crippen LogP contribution in [-0.2, 0) is 0 Å². The van der Waals surface area contributed by atoms with Crippen LogP contribution in [0.4, 0.5) is 11.5 Å². The van der Waals surface area contributed by atoms with E-state index in [9.17, 15) is 9.90 Å². The Morgan fingerprint density at radius 3 is 2.75 bits per heavy atom. The van der Waals surface area contributed by atoms with Gasteiger partial charge < -0.3 is 16.2 Å². The fourth-order valence-electron chi connectivity index (χ4n) is 1.88. The zero-order valence-corrected chi connectivity index (χ0v) is 13.2. The first-order chi connectivity index (χ1) is 11.6. The van der Waals surface area contributed by atoms with Gasteiger partial charge in [0, 0.05) is 6.20 Å². The molecular formula is C16H13N5O2S. The molecule has 2 heterocycles. The molecule has 0 radical (unpaired) electrons. The van der Waals surface area contributed by atoms with E-state index in [1.807, 2.05) is 0 Å². The summed E-state index contributed by atoms with van der Waals surface area (Å²) in [6.07, 6.45) is 4.57. The summed E-state index contributed by atoms with van der Waals surface area (Å²) >= 11 is 1.19. The lowest BCUT2D eigenvalue weighted by atomic mass is 10.3. The van der Waals surface area contributed by atoms with Crippen molar-refractivity contribution in [2.24, 2.45) is 0 Å². The molecular weight excluding hydrogens is 326 g/mol. The molecule has 8 heteroatoms. The van der Waals surface area contributed by atoms with Crippen LogP contribution < -0.4 is 11.1 Å². The predicted octanol–water partition coefficient (Wildman–Crippen LogP) is 2.56. The summed E-state index contributed by atoms with van der Waals surface area (Å²) < 4.78 is 0. The minimum absolute atomic E-state index is 0.0132. The summed E-state index contributed by atoms with van der Waals surface area (Å²) in [4.78, 5) is 25.1. The number of carbonyl (C=O) groups is 1. The number of pyridine rings is 1. The number of nitrogens with one attached hydrogen (secondary N) is 1. The van der Waals surface area contributed by atoms with Crippen LogP contribution in [0.1, 0.15) is 10.5 Å². The van der Waals surface area contributed by atoms with Gasteiger partial charge in [-0.05, 0) is 24.3 Å². The van der Waals surface area contributed by atoms with E-state index in [4.69, 9.17) is 5.73 Å². The third-order valence-electron chi connectivity index (χ3n) is 2.99. The van der Waals surface area contributed by atoms with Crippen LogP contribution in [0.5, 0.6) is 5.75 Å². The van der Waals surface area contributed by atoms with E-state index in [0.717, 1.165) is 0 Å². The number of nitrogen functional groups attached to an aromatic ring is 1. The summed E-state index contributed by atoms with van der Waals surface area (Å²) in [6.45, 7) is 0. The predicted molar refractivity (Wildman–Crippen MR) is 90.9 cm³/mol. The number of phenols is 1. The molecule has 4 N–H and O–H groups in total. The van der Waals surface area contributed by atoms with Crippen molar-refractivity contribution in [1.82, 2.24) is 15.0 Å². The molecule has 0 saturated carbocycles. The number of carbonyl (C=O) groups excluding carboxylic acids is 1. The number of hydrogen-bond acceptors (Lipinski definition) is 7. The molecule has 0 saturated heterocycles. The molecule has 2 aromatic heterocycles. The number of rotatable bonds is 4. The second kappa shape index (κ2) is 6.97. The zero-order valence-electron chi connectivity index (χ0n) is 12.4. The fraction of sp³-hybridized carbons (Fsp3) is 0. The van der Waals surface area contributed by atoms with E-state index in [1.54, 1.807) is 42.6 Å². The molecule has 3 rings (SSSR count). The molecule has 1 amide bonds. The fourth-order valence-corrected chi connectivity index (χ4v) is 2.67. The highest BCUT2D eigenvalue weighted by Gasteiger charge is 2.15. The minimum Gasteiger partial charge on any atom is -0.507 e. The highest BCUT2D eigenvalue weighted by atomic mass is 32.2. The van der Waals surface area contributed by atoms with Crippen molar-refractivity contribution < 1.29 is 9.90 Å². The molecule has 0 fully saturated rings. The summed E-state index contributed by atoms with van der Waals surface area (Å²) in [5, 5.41) is 12.9. The van der Waals surface area contributed by atoms with Crippen LogP contribution in [0.3, 0.4) is 0 Å². The maximum atomic E-state index is 12.3. The molecule has 24 heavy (non-hydrogen) atoms. The second-order valence-electron chi connectivity index (χ2n) is 4.71. The van der Waals surface area contributed by atoms with Crippen LogP contribution in [0.15, 0.2) is 64.9 Å². The van der Waals surface area contributed by atoms with Crippen molar-refractivity contribution in [3.63, 3.8) is 0 Å². The summed E-state index contributed by atoms with van der Waals surface area (Å²) in [7, 11) is 0. The Labute approximate surface area is 142 Å². The van der Waals surface area contributed by atoms with Gasteiger partial charge in [0.05, 0.1) is 23.0 Å². The number of aromatic hydroxyl groups is 1. The van der Waals surface area contributed by atoms with Crippen LogP contribution in [0.25, 0.3) is 0 Å². The van der Waals surface area contributed by atoms with Gasteiger partial charge in [-0.25, -0.2) is 9.97 Å². The van der Waals surface area contributed by atoms with Crippen LogP contribution in [0, 0.1) is 0 Å². The number of nitrogens with two attached hydrogens (primary N) is 1. The molecule has 0 bridgehead atoms. The number of hydrogen-bond donors (Lipinski definition) is 3. The maximum Gasteiger partial charge on any atom is 0.278 e. The van der Waals surface area contributed by atoms with Crippen molar-refractivity contribution >= 4 is 29.2 Å². The summed E-state index contributed by atoms with van der Waals surface area (Å²) in [5.74, 6) is -0.326. The molecule has 0 atom stereocenters. The first-order valence-electron chi connectivity index (χ1n) is 6.93. The first kappa shape index (κ1) is 15.8. The highest BCUT2D eigenvalue weighted by Crippen LogP contribution is 2.33. The average Bonchev–Trinajstić information content (AvgIpc) is 2.59. The lowest BCUT2D eigenvalue weighted by molar-refractivity contribution is 0.102. The maximum absolute atomic E-state index is 12.3. The molecule has 1 aromatic carbocycles. The van der Waals surface area contributed by atoms with Crippen molar-refractivity contribution in [1.29, 1.82) is 0 Å². The number of para-hydroxylation sites is 1. The Morgan fingerprint density at radius 2 is 2.00 bits per heavy atom. The van der Waals surface area contributed by atoms with Gasteiger partial charge in [0.1, 0.15) is 10.8 Å². The minimum atomic E-state index is -0.479. The van der Waals surface area contributed by atoms with E-state index < -0.39 is 5.91 Å². The van der Waals surface area contributed by atoms with E-state index in [2.05, 4.69) is 20.3 Å².